The van der Waals surface area contributed by atoms with E-state index in [4.69, 9.17) is 4.84 Å². The molecule has 1 fully saturated rings. The van der Waals surface area contributed by atoms with Gasteiger partial charge < -0.3 is 10.0 Å². The molecule has 0 unspecified atom stereocenters. The molecular weight excluding hydrogens is 296 g/mol. The van der Waals surface area contributed by atoms with Crippen LogP contribution in [0.5, 0.6) is 0 Å². The first kappa shape index (κ1) is 17.3. The smallest absolute Gasteiger partial charge is 0.407 e. The molecule has 0 aliphatic heterocycles. The Bertz CT molecular complexity index is 527. The Morgan fingerprint density at radius 1 is 1.17 bits per heavy atom. The highest BCUT2D eigenvalue weighted by atomic mass is 16.7. The molecule has 1 aromatic carbocycles. The average molecular weight is 320 g/mol. The predicted molar refractivity (Wildman–Crippen MR) is 85.5 cm³/mol. The van der Waals surface area contributed by atoms with Crippen LogP contribution in [-0.2, 0) is 16.2 Å². The molecule has 0 saturated heterocycles. The lowest BCUT2D eigenvalue weighted by atomic mass is 9.84. The van der Waals surface area contributed by atoms with E-state index in [1.807, 2.05) is 30.3 Å². The molecule has 126 valence electrons. The van der Waals surface area contributed by atoms with Gasteiger partial charge in [-0.25, -0.2) is 9.86 Å². The molecule has 0 aromatic heterocycles. The number of rotatable bonds is 5. The quantitative estimate of drug-likeness (QED) is 0.847. The highest BCUT2D eigenvalue weighted by Gasteiger charge is 2.32. The van der Waals surface area contributed by atoms with Crippen molar-refractivity contribution >= 4 is 12.0 Å². The summed E-state index contributed by atoms with van der Waals surface area (Å²) >= 11 is 0. The Hall–Kier alpha value is -2.08. The molecule has 1 aromatic rings. The lowest BCUT2D eigenvalue weighted by Gasteiger charge is -2.35. The van der Waals surface area contributed by atoms with Gasteiger partial charge in [-0.15, -0.1) is 0 Å². The molecule has 0 spiro atoms. The Labute approximate surface area is 136 Å². The van der Waals surface area contributed by atoms with E-state index < -0.39 is 6.09 Å². The van der Waals surface area contributed by atoms with Gasteiger partial charge in [-0.05, 0) is 31.2 Å². The van der Waals surface area contributed by atoms with Crippen molar-refractivity contribution in [3.05, 3.63) is 35.9 Å². The molecule has 1 saturated carbocycles. The second-order valence-corrected chi connectivity index (χ2v) is 5.92. The van der Waals surface area contributed by atoms with E-state index in [1.54, 1.807) is 7.05 Å². The van der Waals surface area contributed by atoms with E-state index >= 15 is 0 Å². The summed E-state index contributed by atoms with van der Waals surface area (Å²) in [5.41, 5.74) is 0.979. The molecular formula is C17H24N2O4. The summed E-state index contributed by atoms with van der Waals surface area (Å²) in [6.07, 6.45) is 1.88. The van der Waals surface area contributed by atoms with Crippen molar-refractivity contribution in [3.63, 3.8) is 0 Å². The summed E-state index contributed by atoms with van der Waals surface area (Å²) < 4.78 is 0. The number of benzene rings is 1. The van der Waals surface area contributed by atoms with Crippen LogP contribution in [0.15, 0.2) is 30.3 Å². The van der Waals surface area contributed by atoms with E-state index in [-0.39, 0.29) is 17.9 Å². The van der Waals surface area contributed by atoms with Crippen LogP contribution < -0.4 is 0 Å². The predicted octanol–water partition coefficient (Wildman–Crippen LogP) is 2.75. The summed E-state index contributed by atoms with van der Waals surface area (Å²) in [5, 5.41) is 10.8. The monoisotopic (exact) mass is 320 g/mol. The zero-order chi connectivity index (χ0) is 16.8. The number of hydroxylamine groups is 2. The maximum absolute atomic E-state index is 12.1. The summed E-state index contributed by atoms with van der Waals surface area (Å²) in [5.74, 6) is -0.112. The number of carbonyl (C=O) groups excluding carboxylic acids is 1. The minimum Gasteiger partial charge on any atom is -0.465 e. The largest absolute Gasteiger partial charge is 0.465 e. The third-order valence-electron chi connectivity index (χ3n) is 4.51. The lowest BCUT2D eigenvalue weighted by Crippen LogP contribution is -2.43. The van der Waals surface area contributed by atoms with Crippen LogP contribution >= 0.6 is 0 Å². The molecule has 0 radical (unpaired) electrons. The van der Waals surface area contributed by atoms with E-state index in [0.29, 0.717) is 32.2 Å². The first-order valence-corrected chi connectivity index (χ1v) is 7.88. The molecule has 2 rings (SSSR count). The van der Waals surface area contributed by atoms with Crippen molar-refractivity contribution in [2.45, 2.75) is 38.3 Å². The van der Waals surface area contributed by atoms with Crippen LogP contribution in [0.25, 0.3) is 0 Å². The number of nitrogens with zero attached hydrogens (tertiary/aromatic N) is 2. The van der Waals surface area contributed by atoms with Gasteiger partial charge in [0.05, 0.1) is 7.11 Å². The summed E-state index contributed by atoms with van der Waals surface area (Å²) in [6, 6.07) is 9.55. The molecule has 1 N–H and O–H groups in total. The van der Waals surface area contributed by atoms with Gasteiger partial charge in [-0.3, -0.25) is 9.63 Å². The number of carboxylic acid groups (broad SMARTS) is 1. The van der Waals surface area contributed by atoms with Crippen molar-refractivity contribution in [2.24, 2.45) is 5.92 Å². The molecule has 2 amide bonds. The Kier molecular flexibility index (Phi) is 5.98. The van der Waals surface area contributed by atoms with E-state index in [1.165, 1.54) is 17.1 Å². The van der Waals surface area contributed by atoms with E-state index in [2.05, 4.69) is 0 Å². The highest BCUT2D eigenvalue weighted by Crippen LogP contribution is 2.29. The zero-order valence-corrected chi connectivity index (χ0v) is 13.6. The number of hydrogen-bond acceptors (Lipinski definition) is 3. The average Bonchev–Trinajstić information content (AvgIpc) is 2.59. The fraction of sp³-hybridized carbons (Fsp3) is 0.529. The summed E-state index contributed by atoms with van der Waals surface area (Å²) in [6.45, 7) is 0.386. The molecule has 0 bridgehead atoms. The van der Waals surface area contributed by atoms with Gasteiger partial charge in [0.2, 0.25) is 5.91 Å². The normalized spacial score (nSPS) is 20.8. The highest BCUT2D eigenvalue weighted by molar-refractivity contribution is 5.77. The van der Waals surface area contributed by atoms with Crippen LogP contribution in [0, 0.1) is 5.92 Å². The fourth-order valence-corrected chi connectivity index (χ4v) is 3.11. The van der Waals surface area contributed by atoms with Crippen LogP contribution in [0.2, 0.25) is 0 Å². The lowest BCUT2D eigenvalue weighted by molar-refractivity contribution is -0.174. The van der Waals surface area contributed by atoms with Crippen molar-refractivity contribution < 1.29 is 19.5 Å². The molecule has 0 heterocycles. The first-order valence-electron chi connectivity index (χ1n) is 7.88. The fourth-order valence-electron chi connectivity index (χ4n) is 3.11. The Morgan fingerprint density at radius 3 is 2.30 bits per heavy atom. The first-order chi connectivity index (χ1) is 11.0. The third kappa shape index (κ3) is 4.45. The van der Waals surface area contributed by atoms with Gasteiger partial charge in [-0.2, -0.15) is 0 Å². The van der Waals surface area contributed by atoms with Crippen LogP contribution in [0.3, 0.4) is 0 Å². The maximum atomic E-state index is 12.1. The van der Waals surface area contributed by atoms with Crippen molar-refractivity contribution in [3.8, 4) is 0 Å². The van der Waals surface area contributed by atoms with Crippen LogP contribution in [-0.4, -0.2) is 47.3 Å². The molecule has 1 aliphatic rings. The molecule has 0 atom stereocenters. The molecule has 1 aliphatic carbocycles. The summed E-state index contributed by atoms with van der Waals surface area (Å²) in [4.78, 5) is 30.1. The van der Waals surface area contributed by atoms with Crippen LogP contribution in [0.4, 0.5) is 4.79 Å². The van der Waals surface area contributed by atoms with Gasteiger partial charge in [0.25, 0.3) is 0 Å². The standard InChI is InChI=1S/C17H24N2O4/c1-18(23-2)16(20)14-8-10-15(11-9-14)19(17(21)22)12-13-6-4-3-5-7-13/h3-7,14-15H,8-12H2,1-2H3,(H,21,22). The molecule has 6 nitrogen and oxygen atoms in total. The van der Waals surface area contributed by atoms with Crippen LogP contribution in [0.1, 0.15) is 31.2 Å². The van der Waals surface area contributed by atoms with Crippen molar-refractivity contribution in [1.29, 1.82) is 0 Å². The topological polar surface area (TPSA) is 70.1 Å². The van der Waals surface area contributed by atoms with Gasteiger partial charge in [0.15, 0.2) is 0 Å². The minimum absolute atomic E-state index is 0.0316. The number of hydrogen-bond donors (Lipinski definition) is 1. The zero-order valence-electron chi connectivity index (χ0n) is 13.6. The van der Waals surface area contributed by atoms with E-state index in [9.17, 15) is 14.7 Å². The SMILES string of the molecule is CON(C)C(=O)C1CCC(N(Cc2ccccc2)C(=O)O)CC1. The maximum Gasteiger partial charge on any atom is 0.407 e. The third-order valence-corrected chi connectivity index (χ3v) is 4.51. The van der Waals surface area contributed by atoms with Crippen molar-refractivity contribution in [1.82, 2.24) is 9.96 Å². The summed E-state index contributed by atoms with van der Waals surface area (Å²) in [7, 11) is 3.07. The Morgan fingerprint density at radius 2 is 1.78 bits per heavy atom. The van der Waals surface area contributed by atoms with Gasteiger partial charge >= 0.3 is 6.09 Å². The molecule has 6 heteroatoms. The number of amides is 2. The van der Waals surface area contributed by atoms with Gasteiger partial charge in [-0.1, -0.05) is 30.3 Å². The van der Waals surface area contributed by atoms with E-state index in [0.717, 1.165) is 5.56 Å². The Balaban J connectivity index is 1.96. The molecule has 23 heavy (non-hydrogen) atoms. The number of carbonyl (C=O) groups is 2. The second-order valence-electron chi connectivity index (χ2n) is 5.92. The van der Waals surface area contributed by atoms with Crippen molar-refractivity contribution in [2.75, 3.05) is 14.2 Å². The minimum atomic E-state index is -0.905. The van der Waals surface area contributed by atoms with Gasteiger partial charge in [0.1, 0.15) is 0 Å². The van der Waals surface area contributed by atoms with Gasteiger partial charge in [0, 0.05) is 25.6 Å². The second kappa shape index (κ2) is 7.97.